The Bertz CT molecular complexity index is 730. The maximum absolute atomic E-state index is 12.2. The lowest BCUT2D eigenvalue weighted by molar-refractivity contribution is 0.411. The quantitative estimate of drug-likeness (QED) is 0.805. The van der Waals surface area contributed by atoms with Crippen LogP contribution >= 0.6 is 15.9 Å². The number of hydrogen-bond donors (Lipinski definition) is 1. The Morgan fingerprint density at radius 1 is 1.43 bits per heavy atom. The molecule has 0 spiro atoms. The van der Waals surface area contributed by atoms with Gasteiger partial charge >= 0.3 is 0 Å². The van der Waals surface area contributed by atoms with Crippen LogP contribution in [-0.4, -0.2) is 42.0 Å². The molecule has 118 valence electrons. The van der Waals surface area contributed by atoms with Crippen molar-refractivity contribution in [3.63, 3.8) is 0 Å². The number of sulfone groups is 1. The van der Waals surface area contributed by atoms with Crippen molar-refractivity contribution >= 4 is 35.8 Å². The van der Waals surface area contributed by atoms with E-state index in [2.05, 4.69) is 20.7 Å². The van der Waals surface area contributed by atoms with Gasteiger partial charge in [-0.05, 0) is 46.5 Å². The monoisotopic (exact) mass is 397 g/mol. The van der Waals surface area contributed by atoms with Crippen LogP contribution in [0, 0.1) is 5.92 Å². The number of halogens is 1. The molecule has 1 saturated heterocycles. The van der Waals surface area contributed by atoms with E-state index in [4.69, 9.17) is 4.74 Å². The normalized spacial score (nSPS) is 21.3. The Labute approximate surface area is 133 Å². The van der Waals surface area contributed by atoms with Gasteiger partial charge in [0.15, 0.2) is 9.84 Å². The lowest BCUT2D eigenvalue weighted by Gasteiger charge is -2.11. The van der Waals surface area contributed by atoms with Gasteiger partial charge in [0.05, 0.1) is 28.0 Å². The minimum atomic E-state index is -3.66. The van der Waals surface area contributed by atoms with Crippen LogP contribution in [-0.2, 0) is 19.9 Å². The molecule has 21 heavy (non-hydrogen) atoms. The second-order valence-corrected chi connectivity index (χ2v) is 9.77. The Morgan fingerprint density at radius 3 is 2.67 bits per heavy atom. The number of sulfonamides is 1. The molecule has 1 aliphatic heterocycles. The summed E-state index contributed by atoms with van der Waals surface area (Å²) in [7, 11) is -5.17. The smallest absolute Gasteiger partial charge is 0.240 e. The second kappa shape index (κ2) is 6.23. The van der Waals surface area contributed by atoms with Gasteiger partial charge in [-0.25, -0.2) is 21.6 Å². The molecular weight excluding hydrogens is 382 g/mol. The number of hydrogen-bond acceptors (Lipinski definition) is 5. The topological polar surface area (TPSA) is 89.5 Å². The molecule has 1 aromatic rings. The maximum Gasteiger partial charge on any atom is 0.240 e. The van der Waals surface area contributed by atoms with E-state index in [-0.39, 0.29) is 28.9 Å². The zero-order valence-corrected chi connectivity index (χ0v) is 14.6. The molecule has 0 aliphatic carbocycles. The van der Waals surface area contributed by atoms with Crippen LogP contribution in [0.4, 0.5) is 0 Å². The molecule has 1 unspecified atom stereocenters. The van der Waals surface area contributed by atoms with Crippen LogP contribution in [0.2, 0.25) is 0 Å². The largest absolute Gasteiger partial charge is 0.496 e. The molecule has 0 radical (unpaired) electrons. The highest BCUT2D eigenvalue weighted by Gasteiger charge is 2.29. The summed E-state index contributed by atoms with van der Waals surface area (Å²) >= 11 is 3.24. The molecule has 1 fully saturated rings. The van der Waals surface area contributed by atoms with Crippen molar-refractivity contribution in [2.75, 3.05) is 25.2 Å². The molecule has 0 bridgehead atoms. The van der Waals surface area contributed by atoms with E-state index in [0.29, 0.717) is 16.6 Å². The SMILES string of the molecule is COc1ccc(S(=O)(=O)NCC2CCS(=O)(=O)C2)cc1Br. The summed E-state index contributed by atoms with van der Waals surface area (Å²) in [6.45, 7) is 0.130. The van der Waals surface area contributed by atoms with E-state index in [1.54, 1.807) is 6.07 Å². The molecule has 9 heteroatoms. The Kier molecular flexibility index (Phi) is 4.96. The van der Waals surface area contributed by atoms with Crippen molar-refractivity contribution < 1.29 is 21.6 Å². The molecule has 2 rings (SSSR count). The van der Waals surface area contributed by atoms with Gasteiger partial charge < -0.3 is 4.74 Å². The molecule has 0 amide bonds. The van der Waals surface area contributed by atoms with Crippen molar-refractivity contribution in [1.29, 1.82) is 0 Å². The van der Waals surface area contributed by atoms with Crippen molar-refractivity contribution in [3.05, 3.63) is 22.7 Å². The molecule has 1 aliphatic rings. The minimum Gasteiger partial charge on any atom is -0.496 e. The molecule has 1 atom stereocenters. The summed E-state index contributed by atoms with van der Waals surface area (Å²) in [5, 5.41) is 0. The summed E-state index contributed by atoms with van der Waals surface area (Å²) < 4.78 is 55.1. The van der Waals surface area contributed by atoms with Crippen LogP contribution in [0.1, 0.15) is 6.42 Å². The van der Waals surface area contributed by atoms with Crippen molar-refractivity contribution in [2.24, 2.45) is 5.92 Å². The molecule has 6 nitrogen and oxygen atoms in total. The van der Waals surface area contributed by atoms with E-state index in [0.717, 1.165) is 0 Å². The van der Waals surface area contributed by atoms with E-state index in [9.17, 15) is 16.8 Å². The van der Waals surface area contributed by atoms with E-state index < -0.39 is 19.9 Å². The van der Waals surface area contributed by atoms with E-state index in [1.165, 1.54) is 19.2 Å². The summed E-state index contributed by atoms with van der Waals surface area (Å²) in [6, 6.07) is 4.45. The Hall–Kier alpha value is -0.640. The highest BCUT2D eigenvalue weighted by Crippen LogP contribution is 2.27. The first-order valence-corrected chi connectivity index (χ1v) is 10.4. The van der Waals surface area contributed by atoms with Gasteiger partial charge in [0.2, 0.25) is 10.0 Å². The first-order chi connectivity index (χ1) is 9.73. The number of benzene rings is 1. The Morgan fingerprint density at radius 2 is 2.14 bits per heavy atom. The van der Waals surface area contributed by atoms with Gasteiger partial charge in [0.1, 0.15) is 5.75 Å². The van der Waals surface area contributed by atoms with Gasteiger partial charge in [-0.3, -0.25) is 0 Å². The summed E-state index contributed by atoms with van der Waals surface area (Å²) in [5.74, 6) is 0.553. The minimum absolute atomic E-state index is 0.0435. The van der Waals surface area contributed by atoms with Crippen LogP contribution < -0.4 is 9.46 Å². The van der Waals surface area contributed by atoms with Gasteiger partial charge in [-0.2, -0.15) is 0 Å². The summed E-state index contributed by atoms with van der Waals surface area (Å²) in [4.78, 5) is 0.107. The van der Waals surface area contributed by atoms with Crippen LogP contribution in [0.3, 0.4) is 0 Å². The molecule has 0 saturated carbocycles. The van der Waals surface area contributed by atoms with Gasteiger partial charge in [-0.15, -0.1) is 0 Å². The number of nitrogens with one attached hydrogen (secondary N) is 1. The van der Waals surface area contributed by atoms with Gasteiger partial charge in [0.25, 0.3) is 0 Å². The number of methoxy groups -OCH3 is 1. The van der Waals surface area contributed by atoms with Crippen molar-refractivity contribution in [3.8, 4) is 5.75 Å². The molecule has 1 aromatic carbocycles. The van der Waals surface area contributed by atoms with Crippen molar-refractivity contribution in [1.82, 2.24) is 4.72 Å². The highest BCUT2D eigenvalue weighted by molar-refractivity contribution is 9.10. The summed E-state index contributed by atoms with van der Waals surface area (Å²) in [6.07, 6.45) is 0.497. The van der Waals surface area contributed by atoms with Crippen LogP contribution in [0.25, 0.3) is 0 Å². The van der Waals surface area contributed by atoms with Gasteiger partial charge in [0, 0.05) is 6.54 Å². The van der Waals surface area contributed by atoms with Gasteiger partial charge in [-0.1, -0.05) is 0 Å². The first-order valence-electron chi connectivity index (χ1n) is 6.27. The third kappa shape index (κ3) is 4.18. The lowest BCUT2D eigenvalue weighted by Crippen LogP contribution is -2.30. The van der Waals surface area contributed by atoms with Crippen molar-refractivity contribution in [2.45, 2.75) is 11.3 Å². The predicted molar refractivity (Wildman–Crippen MR) is 82.6 cm³/mol. The fourth-order valence-electron chi connectivity index (χ4n) is 2.16. The van der Waals surface area contributed by atoms with E-state index >= 15 is 0 Å². The Balaban J connectivity index is 2.07. The second-order valence-electron chi connectivity index (χ2n) is 4.92. The molecule has 1 heterocycles. The standard InChI is InChI=1S/C12H16BrNO5S2/c1-19-12-3-2-10(6-11(12)13)21(17,18)14-7-9-4-5-20(15,16)8-9/h2-3,6,9,14H,4-5,7-8H2,1H3. The van der Waals surface area contributed by atoms with Crippen LogP contribution in [0.5, 0.6) is 5.75 Å². The zero-order chi connectivity index (χ0) is 15.7. The molecular formula is C12H16BrNO5S2. The highest BCUT2D eigenvalue weighted by atomic mass is 79.9. The predicted octanol–water partition coefficient (Wildman–Crippen LogP) is 1.17. The fourth-order valence-corrected chi connectivity index (χ4v) is 5.85. The third-order valence-electron chi connectivity index (χ3n) is 3.32. The number of ether oxygens (including phenoxy) is 1. The molecule has 0 aromatic heterocycles. The van der Waals surface area contributed by atoms with Crippen LogP contribution in [0.15, 0.2) is 27.6 Å². The first kappa shape index (κ1) is 16.7. The average molecular weight is 398 g/mol. The van der Waals surface area contributed by atoms with E-state index in [1.807, 2.05) is 0 Å². The average Bonchev–Trinajstić information content (AvgIpc) is 2.76. The third-order valence-corrected chi connectivity index (χ3v) is 7.20. The number of rotatable bonds is 5. The summed E-state index contributed by atoms with van der Waals surface area (Å²) in [5.41, 5.74) is 0. The molecule has 1 N–H and O–H groups in total. The maximum atomic E-state index is 12.2. The zero-order valence-electron chi connectivity index (χ0n) is 11.4. The fraction of sp³-hybridized carbons (Fsp3) is 0.500. The lowest BCUT2D eigenvalue weighted by atomic mass is 10.1.